The van der Waals surface area contributed by atoms with Gasteiger partial charge in [-0.05, 0) is 45.9 Å². The second-order valence-corrected chi connectivity index (χ2v) is 4.21. The van der Waals surface area contributed by atoms with E-state index in [1.807, 2.05) is 7.05 Å². The summed E-state index contributed by atoms with van der Waals surface area (Å²) in [5, 5.41) is 5.89. The molecule has 1 unspecified atom stereocenters. The minimum atomic E-state index is 0.202. The van der Waals surface area contributed by atoms with E-state index >= 15 is 0 Å². The quantitative estimate of drug-likeness (QED) is 0.635. The zero-order valence-electron chi connectivity index (χ0n) is 9.88. The Bertz CT molecular complexity index is 196. The predicted octanol–water partition coefficient (Wildman–Crippen LogP) is 0.0539. The van der Waals surface area contributed by atoms with E-state index in [1.165, 1.54) is 0 Å². The number of rotatable bonds is 5. The molecule has 1 aliphatic rings. The highest BCUT2D eigenvalue weighted by atomic mass is 16.1. The molecule has 0 aromatic carbocycles. The molecule has 0 spiro atoms. The van der Waals surface area contributed by atoms with Crippen LogP contribution in [0.1, 0.15) is 19.3 Å². The molecular weight excluding hydrogens is 190 g/mol. The van der Waals surface area contributed by atoms with Crippen LogP contribution < -0.4 is 10.6 Å². The van der Waals surface area contributed by atoms with Gasteiger partial charge >= 0.3 is 0 Å². The lowest BCUT2D eigenvalue weighted by molar-refractivity contribution is -0.126. The lowest BCUT2D eigenvalue weighted by Gasteiger charge is -2.31. The molecule has 0 radical (unpaired) electrons. The van der Waals surface area contributed by atoms with Crippen LogP contribution in [0.2, 0.25) is 0 Å². The van der Waals surface area contributed by atoms with E-state index in [1.54, 1.807) is 7.05 Å². The van der Waals surface area contributed by atoms with Crippen molar-refractivity contribution in [2.45, 2.75) is 19.3 Å². The van der Waals surface area contributed by atoms with E-state index in [0.29, 0.717) is 0 Å². The third-order valence-electron chi connectivity index (χ3n) is 3.02. The number of hydrogen-bond donors (Lipinski definition) is 2. The monoisotopic (exact) mass is 213 g/mol. The first kappa shape index (κ1) is 12.5. The highest BCUT2D eigenvalue weighted by Crippen LogP contribution is 2.16. The summed E-state index contributed by atoms with van der Waals surface area (Å²) < 4.78 is 0. The van der Waals surface area contributed by atoms with Gasteiger partial charge in [0.25, 0.3) is 0 Å². The van der Waals surface area contributed by atoms with Crippen molar-refractivity contribution in [3.63, 3.8) is 0 Å². The Morgan fingerprint density at radius 3 is 2.93 bits per heavy atom. The molecule has 1 atom stereocenters. The van der Waals surface area contributed by atoms with E-state index in [2.05, 4.69) is 15.5 Å². The largest absolute Gasteiger partial charge is 0.359 e. The molecule has 1 aliphatic heterocycles. The smallest absolute Gasteiger partial charge is 0.224 e. The van der Waals surface area contributed by atoms with Crippen LogP contribution >= 0.6 is 0 Å². The van der Waals surface area contributed by atoms with Crippen molar-refractivity contribution in [1.82, 2.24) is 15.5 Å². The first-order valence-electron chi connectivity index (χ1n) is 5.86. The Balaban J connectivity index is 2.26. The molecule has 15 heavy (non-hydrogen) atoms. The summed E-state index contributed by atoms with van der Waals surface area (Å²) in [7, 11) is 3.70. The van der Waals surface area contributed by atoms with Gasteiger partial charge in [0.1, 0.15) is 0 Å². The average Bonchev–Trinajstić information content (AvgIpc) is 2.29. The lowest BCUT2D eigenvalue weighted by Crippen LogP contribution is -2.42. The minimum absolute atomic E-state index is 0.202. The third kappa shape index (κ3) is 4.18. The van der Waals surface area contributed by atoms with Crippen LogP contribution in [-0.2, 0) is 4.79 Å². The molecule has 0 aromatic rings. The molecular formula is C11H23N3O. The summed E-state index contributed by atoms with van der Waals surface area (Å²) in [6.45, 7) is 4.25. The number of piperidine rings is 1. The molecule has 0 bridgehead atoms. The molecule has 1 amide bonds. The Labute approximate surface area is 92.4 Å². The fourth-order valence-corrected chi connectivity index (χ4v) is 2.16. The predicted molar refractivity (Wildman–Crippen MR) is 61.8 cm³/mol. The maximum Gasteiger partial charge on any atom is 0.224 e. The Morgan fingerprint density at radius 2 is 2.27 bits per heavy atom. The van der Waals surface area contributed by atoms with Crippen molar-refractivity contribution >= 4 is 5.91 Å². The summed E-state index contributed by atoms with van der Waals surface area (Å²) in [6.07, 6.45) is 3.36. The molecule has 1 fully saturated rings. The normalized spacial score (nSPS) is 22.7. The molecule has 0 aliphatic carbocycles. The van der Waals surface area contributed by atoms with E-state index in [-0.39, 0.29) is 11.8 Å². The number of nitrogens with zero attached hydrogens (tertiary/aromatic N) is 1. The van der Waals surface area contributed by atoms with Crippen LogP contribution in [0.5, 0.6) is 0 Å². The molecule has 1 heterocycles. The van der Waals surface area contributed by atoms with Gasteiger partial charge in [-0.25, -0.2) is 0 Å². The first-order chi connectivity index (χ1) is 7.27. The first-order valence-corrected chi connectivity index (χ1v) is 5.86. The number of hydrogen-bond acceptors (Lipinski definition) is 3. The van der Waals surface area contributed by atoms with E-state index in [0.717, 1.165) is 45.4 Å². The van der Waals surface area contributed by atoms with Gasteiger partial charge in [0.05, 0.1) is 5.92 Å². The van der Waals surface area contributed by atoms with Gasteiger partial charge in [0.15, 0.2) is 0 Å². The zero-order valence-corrected chi connectivity index (χ0v) is 9.88. The number of likely N-dealkylation sites (tertiary alicyclic amines) is 1. The average molecular weight is 213 g/mol. The summed E-state index contributed by atoms with van der Waals surface area (Å²) in [5.41, 5.74) is 0. The number of carbonyl (C=O) groups is 1. The van der Waals surface area contributed by atoms with Crippen molar-refractivity contribution in [3.05, 3.63) is 0 Å². The third-order valence-corrected chi connectivity index (χ3v) is 3.02. The fourth-order valence-electron chi connectivity index (χ4n) is 2.16. The molecule has 2 N–H and O–H groups in total. The maximum absolute atomic E-state index is 11.5. The minimum Gasteiger partial charge on any atom is -0.359 e. The van der Waals surface area contributed by atoms with Gasteiger partial charge in [0.2, 0.25) is 5.91 Å². The van der Waals surface area contributed by atoms with Gasteiger partial charge < -0.3 is 15.5 Å². The van der Waals surface area contributed by atoms with Crippen LogP contribution in [0.3, 0.4) is 0 Å². The van der Waals surface area contributed by atoms with Crippen LogP contribution in [-0.4, -0.2) is 51.1 Å². The Kier molecular flexibility index (Phi) is 5.65. The Hall–Kier alpha value is -0.610. The van der Waals surface area contributed by atoms with E-state index in [4.69, 9.17) is 0 Å². The van der Waals surface area contributed by atoms with Crippen molar-refractivity contribution < 1.29 is 4.79 Å². The van der Waals surface area contributed by atoms with Gasteiger partial charge in [-0.2, -0.15) is 0 Å². The van der Waals surface area contributed by atoms with Gasteiger partial charge in [-0.15, -0.1) is 0 Å². The van der Waals surface area contributed by atoms with Gasteiger partial charge in [-0.3, -0.25) is 4.79 Å². The highest BCUT2D eigenvalue weighted by Gasteiger charge is 2.24. The summed E-state index contributed by atoms with van der Waals surface area (Å²) >= 11 is 0. The summed E-state index contributed by atoms with van der Waals surface area (Å²) in [6, 6.07) is 0. The van der Waals surface area contributed by atoms with Crippen molar-refractivity contribution in [3.8, 4) is 0 Å². The van der Waals surface area contributed by atoms with Crippen molar-refractivity contribution in [2.75, 3.05) is 40.3 Å². The topological polar surface area (TPSA) is 44.4 Å². The van der Waals surface area contributed by atoms with Gasteiger partial charge in [-0.1, -0.05) is 0 Å². The van der Waals surface area contributed by atoms with Crippen LogP contribution in [0.4, 0.5) is 0 Å². The second-order valence-electron chi connectivity index (χ2n) is 4.21. The summed E-state index contributed by atoms with van der Waals surface area (Å²) in [5.74, 6) is 0.409. The molecule has 88 valence electrons. The molecule has 4 heteroatoms. The van der Waals surface area contributed by atoms with Crippen molar-refractivity contribution in [2.24, 2.45) is 5.92 Å². The van der Waals surface area contributed by atoms with E-state index in [9.17, 15) is 4.79 Å². The van der Waals surface area contributed by atoms with Crippen molar-refractivity contribution in [1.29, 1.82) is 0 Å². The van der Waals surface area contributed by atoms with E-state index < -0.39 is 0 Å². The van der Waals surface area contributed by atoms with Crippen LogP contribution in [0.25, 0.3) is 0 Å². The fraction of sp³-hybridized carbons (Fsp3) is 0.909. The van der Waals surface area contributed by atoms with Crippen LogP contribution in [0, 0.1) is 5.92 Å². The molecule has 0 saturated carbocycles. The maximum atomic E-state index is 11.5. The van der Waals surface area contributed by atoms with Crippen LogP contribution in [0.15, 0.2) is 0 Å². The SMILES string of the molecule is CNCCCN1CCCC(C(=O)NC)C1. The second kappa shape index (κ2) is 6.80. The number of nitrogens with one attached hydrogen (secondary N) is 2. The molecule has 0 aromatic heterocycles. The lowest BCUT2D eigenvalue weighted by atomic mass is 9.97. The summed E-state index contributed by atoms with van der Waals surface area (Å²) in [4.78, 5) is 13.9. The highest BCUT2D eigenvalue weighted by molar-refractivity contribution is 5.78. The zero-order chi connectivity index (χ0) is 11.1. The number of carbonyl (C=O) groups excluding carboxylic acids is 1. The number of amides is 1. The Morgan fingerprint density at radius 1 is 1.47 bits per heavy atom. The van der Waals surface area contributed by atoms with Gasteiger partial charge in [0, 0.05) is 13.6 Å². The molecule has 1 saturated heterocycles. The molecule has 1 rings (SSSR count). The molecule has 4 nitrogen and oxygen atoms in total. The standard InChI is InChI=1S/C11H23N3O/c1-12-6-4-8-14-7-3-5-10(9-14)11(15)13-2/h10,12H,3-9H2,1-2H3,(H,13,15).